The van der Waals surface area contributed by atoms with Crippen molar-refractivity contribution in [3.8, 4) is 5.75 Å². The highest BCUT2D eigenvalue weighted by Crippen LogP contribution is 2.38. The van der Waals surface area contributed by atoms with Gasteiger partial charge >= 0.3 is 5.97 Å². The van der Waals surface area contributed by atoms with Crippen LogP contribution in [0.15, 0.2) is 47.5 Å². The van der Waals surface area contributed by atoms with E-state index in [0.717, 1.165) is 21.9 Å². The molecule has 1 aromatic carbocycles. The molecule has 4 nitrogen and oxygen atoms in total. The third-order valence-electron chi connectivity index (χ3n) is 3.14. The van der Waals surface area contributed by atoms with E-state index in [4.69, 9.17) is 9.84 Å². The molecule has 0 unspecified atom stereocenters. The minimum absolute atomic E-state index is 0.0368. The van der Waals surface area contributed by atoms with Crippen molar-refractivity contribution >= 4 is 17.7 Å². The average molecular weight is 345 g/mol. The van der Waals surface area contributed by atoms with Gasteiger partial charge in [-0.25, -0.2) is 0 Å². The number of hydrogen-bond donors (Lipinski definition) is 1. The lowest BCUT2D eigenvalue weighted by Gasteiger charge is -2.20. The molecule has 2 aromatic rings. The summed E-state index contributed by atoms with van der Waals surface area (Å²) in [6.07, 6.45) is 2.25. The van der Waals surface area contributed by atoms with Gasteiger partial charge in [-0.3, -0.25) is 9.78 Å². The zero-order chi connectivity index (χ0) is 17.6. The first kappa shape index (κ1) is 18.3. The average Bonchev–Trinajstić information content (AvgIpc) is 2.52. The predicted octanol–water partition coefficient (Wildman–Crippen LogP) is 4.57. The molecule has 1 N–H and O–H groups in total. The number of aliphatic carboxylic acids is 1. The topological polar surface area (TPSA) is 59.4 Å². The summed E-state index contributed by atoms with van der Waals surface area (Å²) in [5.74, 6) is -0.0640. The molecule has 128 valence electrons. The fraction of sp³-hybridized carbons (Fsp3) is 0.368. The third-order valence-corrected chi connectivity index (χ3v) is 4.28. The first-order valence-corrected chi connectivity index (χ1v) is 8.71. The van der Waals surface area contributed by atoms with Gasteiger partial charge in [0.1, 0.15) is 12.4 Å². The van der Waals surface area contributed by atoms with Crippen LogP contribution in [0.1, 0.15) is 38.4 Å². The number of thioether (sulfide) groups is 1. The number of rotatable bonds is 7. The van der Waals surface area contributed by atoms with Crippen molar-refractivity contribution in [2.24, 2.45) is 0 Å². The number of carbonyl (C=O) groups is 1. The van der Waals surface area contributed by atoms with E-state index in [2.05, 4.69) is 25.8 Å². The number of hydrogen-bond acceptors (Lipinski definition) is 4. The highest BCUT2D eigenvalue weighted by molar-refractivity contribution is 8.00. The molecule has 24 heavy (non-hydrogen) atoms. The molecule has 0 aliphatic carbocycles. The van der Waals surface area contributed by atoms with E-state index in [-0.39, 0.29) is 11.2 Å². The number of carboxylic acid groups (broad SMARTS) is 1. The zero-order valence-electron chi connectivity index (χ0n) is 14.3. The lowest BCUT2D eigenvalue weighted by Crippen LogP contribution is -2.08. The number of aromatic nitrogens is 1. The molecule has 1 aromatic heterocycles. The number of benzene rings is 1. The first-order valence-electron chi connectivity index (χ1n) is 7.90. The maximum Gasteiger partial charge on any atom is 0.303 e. The Labute approximate surface area is 147 Å². The van der Waals surface area contributed by atoms with Gasteiger partial charge in [0, 0.05) is 29.1 Å². The Hall–Kier alpha value is -2.01. The molecule has 0 bridgehead atoms. The predicted molar refractivity (Wildman–Crippen MR) is 96.6 cm³/mol. The maximum atomic E-state index is 10.8. The Morgan fingerprint density at radius 2 is 1.96 bits per heavy atom. The van der Waals surface area contributed by atoms with Crippen LogP contribution in [-0.4, -0.2) is 20.8 Å². The molecule has 0 atom stereocenters. The Bertz CT molecular complexity index is 681. The second kappa shape index (κ2) is 8.20. The van der Waals surface area contributed by atoms with E-state index < -0.39 is 5.97 Å². The van der Waals surface area contributed by atoms with Crippen LogP contribution in [0.3, 0.4) is 0 Å². The van der Waals surface area contributed by atoms with Gasteiger partial charge in [0.05, 0.1) is 11.3 Å². The molecule has 0 fully saturated rings. The Morgan fingerprint density at radius 1 is 1.25 bits per heavy atom. The van der Waals surface area contributed by atoms with E-state index >= 15 is 0 Å². The van der Waals surface area contributed by atoms with Gasteiger partial charge in [-0.15, -0.1) is 11.8 Å². The molecule has 2 rings (SSSR count). The molecule has 0 amide bonds. The number of pyridine rings is 1. The van der Waals surface area contributed by atoms with Crippen molar-refractivity contribution in [3.05, 3.63) is 53.9 Å². The Kier molecular flexibility index (Phi) is 6.26. The summed E-state index contributed by atoms with van der Waals surface area (Å²) in [6, 6.07) is 11.8. The van der Waals surface area contributed by atoms with Gasteiger partial charge in [-0.2, -0.15) is 0 Å². The summed E-state index contributed by atoms with van der Waals surface area (Å²) in [6.45, 7) is 6.88. The van der Waals surface area contributed by atoms with Gasteiger partial charge in [-0.1, -0.05) is 51.1 Å². The number of aryl methyl sites for hydroxylation is 1. The summed E-state index contributed by atoms with van der Waals surface area (Å²) in [5, 5.41) is 8.84. The number of nitrogens with zero attached hydrogens (tertiary/aromatic N) is 1. The zero-order valence-corrected chi connectivity index (χ0v) is 15.1. The molecular weight excluding hydrogens is 322 g/mol. The monoisotopic (exact) mass is 345 g/mol. The second-order valence-corrected chi connectivity index (χ2v) is 8.37. The third kappa shape index (κ3) is 6.24. The van der Waals surface area contributed by atoms with E-state index in [1.54, 1.807) is 18.0 Å². The molecule has 0 aliphatic rings. The fourth-order valence-electron chi connectivity index (χ4n) is 2.09. The number of carboxylic acids is 1. The Balaban J connectivity index is 2.18. The van der Waals surface area contributed by atoms with Gasteiger partial charge in [0.25, 0.3) is 0 Å². The summed E-state index contributed by atoms with van der Waals surface area (Å²) in [4.78, 5) is 16.1. The minimum atomic E-state index is -0.823. The molecular formula is C19H23NO3S. The lowest BCUT2D eigenvalue weighted by molar-refractivity contribution is -0.136. The quantitative estimate of drug-likeness (QED) is 0.745. The van der Waals surface area contributed by atoms with E-state index in [1.165, 1.54) is 0 Å². The summed E-state index contributed by atoms with van der Waals surface area (Å²) in [7, 11) is 0. The van der Waals surface area contributed by atoms with Crippen LogP contribution < -0.4 is 4.74 Å². The van der Waals surface area contributed by atoms with E-state index in [0.29, 0.717) is 13.0 Å². The maximum absolute atomic E-state index is 10.8. The van der Waals surface area contributed by atoms with Crippen LogP contribution in [0.2, 0.25) is 0 Å². The van der Waals surface area contributed by atoms with Crippen molar-refractivity contribution in [2.45, 2.75) is 49.9 Å². The minimum Gasteiger partial charge on any atom is -0.488 e. The molecule has 0 radical (unpaired) electrons. The van der Waals surface area contributed by atoms with Crippen LogP contribution in [0.5, 0.6) is 5.75 Å². The highest BCUT2D eigenvalue weighted by atomic mass is 32.2. The summed E-state index contributed by atoms with van der Waals surface area (Å²) < 4.78 is 6.05. The highest BCUT2D eigenvalue weighted by Gasteiger charge is 2.17. The number of ether oxygens (including phenoxy) is 1. The smallest absolute Gasteiger partial charge is 0.303 e. The van der Waals surface area contributed by atoms with E-state index in [9.17, 15) is 4.79 Å². The van der Waals surface area contributed by atoms with Gasteiger partial charge < -0.3 is 9.84 Å². The van der Waals surface area contributed by atoms with Crippen LogP contribution in [0.25, 0.3) is 0 Å². The largest absolute Gasteiger partial charge is 0.488 e. The van der Waals surface area contributed by atoms with Crippen molar-refractivity contribution in [3.63, 3.8) is 0 Å². The Morgan fingerprint density at radius 3 is 2.58 bits per heavy atom. The standard InChI is InChI=1S/C19H23NO3S/c1-19(2,3)24-17-12-20-15(9-10-18(21)22)11-16(17)23-13-14-7-5-4-6-8-14/h4-8,11-12H,9-10,13H2,1-3H3,(H,21,22). The van der Waals surface area contributed by atoms with Crippen LogP contribution in [0.4, 0.5) is 0 Å². The lowest BCUT2D eigenvalue weighted by atomic mass is 10.2. The van der Waals surface area contributed by atoms with Crippen LogP contribution >= 0.6 is 11.8 Å². The van der Waals surface area contributed by atoms with Crippen LogP contribution in [-0.2, 0) is 17.8 Å². The van der Waals surface area contributed by atoms with Crippen LogP contribution in [0, 0.1) is 0 Å². The molecule has 0 saturated carbocycles. The van der Waals surface area contributed by atoms with Crippen molar-refractivity contribution < 1.29 is 14.6 Å². The van der Waals surface area contributed by atoms with Gasteiger partial charge in [-0.05, 0) is 5.56 Å². The second-order valence-electron chi connectivity index (χ2n) is 6.50. The molecule has 0 saturated heterocycles. The SMILES string of the molecule is CC(C)(C)Sc1cnc(CCC(=O)O)cc1OCc1ccccc1. The van der Waals surface area contributed by atoms with Gasteiger partial charge in [0.15, 0.2) is 0 Å². The van der Waals surface area contributed by atoms with Gasteiger partial charge in [0.2, 0.25) is 0 Å². The van der Waals surface area contributed by atoms with Crippen molar-refractivity contribution in [1.82, 2.24) is 4.98 Å². The summed E-state index contributed by atoms with van der Waals surface area (Å²) >= 11 is 1.69. The first-order chi connectivity index (χ1) is 11.3. The molecule has 1 heterocycles. The normalized spacial score (nSPS) is 11.3. The van der Waals surface area contributed by atoms with Crippen molar-refractivity contribution in [1.29, 1.82) is 0 Å². The van der Waals surface area contributed by atoms with Crippen molar-refractivity contribution in [2.75, 3.05) is 0 Å². The molecule has 5 heteroatoms. The molecule has 0 spiro atoms. The van der Waals surface area contributed by atoms with E-state index in [1.807, 2.05) is 36.4 Å². The fourth-order valence-corrected chi connectivity index (χ4v) is 3.07. The molecule has 0 aliphatic heterocycles. The summed E-state index contributed by atoms with van der Waals surface area (Å²) in [5.41, 5.74) is 1.83.